The van der Waals surface area contributed by atoms with Crippen molar-refractivity contribution in [3.05, 3.63) is 34.4 Å². The van der Waals surface area contributed by atoms with E-state index in [1.807, 2.05) is 0 Å². The van der Waals surface area contributed by atoms with E-state index >= 15 is 0 Å². The molecule has 16 heavy (non-hydrogen) atoms. The molecule has 0 atom stereocenters. The van der Waals surface area contributed by atoms with E-state index in [4.69, 9.17) is 23.2 Å². The van der Waals surface area contributed by atoms with Gasteiger partial charge in [0.15, 0.2) is 23.3 Å². The van der Waals surface area contributed by atoms with Gasteiger partial charge in [0.05, 0.1) is 0 Å². The Kier molecular flexibility index (Phi) is 3.54. The largest absolute Gasteiger partial charge is 0.275 e. The van der Waals surface area contributed by atoms with Gasteiger partial charge in [0.1, 0.15) is 11.1 Å². The van der Waals surface area contributed by atoms with Crippen LogP contribution in [0.3, 0.4) is 0 Å². The van der Waals surface area contributed by atoms with Crippen molar-refractivity contribution in [3.63, 3.8) is 0 Å². The minimum absolute atomic E-state index is 1.61. The van der Waals surface area contributed by atoms with Crippen molar-refractivity contribution in [2.24, 2.45) is 0 Å². The first-order chi connectivity index (χ1) is 7.29. The standard InChI is InChI=1S/C8Cl2F4O2/c9-7(15)1-3(11)5(13)2(8(10)16)6(14)4(1)12. The lowest BCUT2D eigenvalue weighted by molar-refractivity contribution is 0.105. The van der Waals surface area contributed by atoms with E-state index in [1.165, 1.54) is 0 Å². The molecule has 0 aliphatic carbocycles. The van der Waals surface area contributed by atoms with E-state index < -0.39 is 44.9 Å². The Morgan fingerprint density at radius 2 is 0.875 bits per heavy atom. The van der Waals surface area contributed by atoms with Crippen molar-refractivity contribution in [2.75, 3.05) is 0 Å². The summed E-state index contributed by atoms with van der Waals surface area (Å²) in [6.45, 7) is 0. The van der Waals surface area contributed by atoms with Gasteiger partial charge in [-0.2, -0.15) is 0 Å². The van der Waals surface area contributed by atoms with Crippen molar-refractivity contribution in [1.29, 1.82) is 0 Å². The Balaban J connectivity index is 3.77. The predicted octanol–water partition coefficient (Wildman–Crippen LogP) is 3.00. The molecule has 1 aromatic rings. The van der Waals surface area contributed by atoms with Crippen LogP contribution in [-0.2, 0) is 0 Å². The SMILES string of the molecule is O=C(Cl)c1c(F)c(F)c(C(=O)Cl)c(F)c1F. The summed E-state index contributed by atoms with van der Waals surface area (Å²) in [5.41, 5.74) is -3.23. The quantitative estimate of drug-likeness (QED) is 0.472. The highest BCUT2D eigenvalue weighted by molar-refractivity contribution is 6.68. The Morgan fingerprint density at radius 1 is 0.688 bits per heavy atom. The highest BCUT2D eigenvalue weighted by Crippen LogP contribution is 2.26. The summed E-state index contributed by atoms with van der Waals surface area (Å²) < 4.78 is 52.1. The van der Waals surface area contributed by atoms with Crippen LogP contribution < -0.4 is 0 Å². The second-order valence-corrected chi connectivity index (χ2v) is 3.24. The van der Waals surface area contributed by atoms with Gasteiger partial charge in [-0.05, 0) is 23.2 Å². The molecular weight excluding hydrogens is 275 g/mol. The highest BCUT2D eigenvalue weighted by Gasteiger charge is 2.30. The van der Waals surface area contributed by atoms with Crippen LogP contribution in [0.15, 0.2) is 0 Å². The summed E-state index contributed by atoms with van der Waals surface area (Å²) in [7, 11) is 0. The van der Waals surface area contributed by atoms with Gasteiger partial charge in [0.2, 0.25) is 0 Å². The van der Waals surface area contributed by atoms with E-state index in [1.54, 1.807) is 0 Å². The fraction of sp³-hybridized carbons (Fsp3) is 0. The van der Waals surface area contributed by atoms with Crippen LogP contribution >= 0.6 is 23.2 Å². The molecule has 0 spiro atoms. The maximum Gasteiger partial charge on any atom is 0.258 e. The fourth-order valence-electron chi connectivity index (χ4n) is 0.977. The number of halogens is 6. The van der Waals surface area contributed by atoms with Crippen LogP contribution in [0.25, 0.3) is 0 Å². The summed E-state index contributed by atoms with van der Waals surface area (Å²) in [5, 5.41) is -3.47. The van der Waals surface area contributed by atoms with Gasteiger partial charge in [-0.1, -0.05) is 0 Å². The molecule has 2 nitrogen and oxygen atoms in total. The van der Waals surface area contributed by atoms with Crippen LogP contribution in [0.1, 0.15) is 20.7 Å². The molecule has 1 rings (SSSR count). The van der Waals surface area contributed by atoms with Gasteiger partial charge in [-0.15, -0.1) is 0 Å². The number of carbonyl (C=O) groups is 2. The topological polar surface area (TPSA) is 34.1 Å². The summed E-state index contributed by atoms with van der Waals surface area (Å²) in [5.74, 6) is -8.27. The third-order valence-electron chi connectivity index (χ3n) is 1.66. The lowest BCUT2D eigenvalue weighted by Gasteiger charge is -2.06. The second kappa shape index (κ2) is 4.39. The van der Waals surface area contributed by atoms with Gasteiger partial charge in [-0.3, -0.25) is 9.59 Å². The summed E-state index contributed by atoms with van der Waals surface area (Å²) in [6.07, 6.45) is 0. The van der Waals surface area contributed by atoms with E-state index in [2.05, 4.69) is 0 Å². The number of hydrogen-bond donors (Lipinski definition) is 0. The molecule has 1 aromatic carbocycles. The molecule has 0 N–H and O–H groups in total. The molecule has 0 aliphatic rings. The zero-order chi connectivity index (χ0) is 12.6. The van der Waals surface area contributed by atoms with E-state index in [9.17, 15) is 27.2 Å². The molecule has 0 saturated carbocycles. The first kappa shape index (κ1) is 12.9. The molecule has 0 heterocycles. The van der Waals surface area contributed by atoms with E-state index in [0.717, 1.165) is 0 Å². The predicted molar refractivity (Wildman–Crippen MR) is 46.6 cm³/mol. The average molecular weight is 275 g/mol. The molecule has 0 radical (unpaired) electrons. The highest BCUT2D eigenvalue weighted by atomic mass is 35.5. The Morgan fingerprint density at radius 3 is 1.00 bits per heavy atom. The summed E-state index contributed by atoms with van der Waals surface area (Å²) >= 11 is 9.44. The maximum atomic E-state index is 13.0. The lowest BCUT2D eigenvalue weighted by atomic mass is 10.1. The monoisotopic (exact) mass is 274 g/mol. The molecule has 8 heteroatoms. The Bertz CT molecular complexity index is 427. The van der Waals surface area contributed by atoms with Crippen LogP contribution in [0.4, 0.5) is 17.6 Å². The van der Waals surface area contributed by atoms with Gasteiger partial charge in [-0.25, -0.2) is 17.6 Å². The van der Waals surface area contributed by atoms with Crippen LogP contribution in [-0.4, -0.2) is 10.5 Å². The number of benzene rings is 1. The second-order valence-electron chi connectivity index (χ2n) is 2.55. The minimum Gasteiger partial charge on any atom is -0.275 e. The molecule has 0 saturated heterocycles. The van der Waals surface area contributed by atoms with Crippen molar-refractivity contribution >= 4 is 33.7 Å². The smallest absolute Gasteiger partial charge is 0.258 e. The number of hydrogen-bond acceptors (Lipinski definition) is 2. The molecule has 0 aromatic heterocycles. The van der Waals surface area contributed by atoms with Crippen LogP contribution in [0.5, 0.6) is 0 Å². The van der Waals surface area contributed by atoms with Gasteiger partial charge in [0, 0.05) is 0 Å². The first-order valence-corrected chi connectivity index (χ1v) is 4.30. The summed E-state index contributed by atoms with van der Waals surface area (Å²) in [4.78, 5) is 21.0. The zero-order valence-corrected chi connectivity index (χ0v) is 8.60. The van der Waals surface area contributed by atoms with Crippen molar-refractivity contribution < 1.29 is 27.2 Å². The number of carbonyl (C=O) groups excluding carboxylic acids is 2. The molecule has 86 valence electrons. The molecular formula is C8Cl2F4O2. The van der Waals surface area contributed by atoms with Crippen molar-refractivity contribution in [1.82, 2.24) is 0 Å². The van der Waals surface area contributed by atoms with E-state index in [-0.39, 0.29) is 0 Å². The average Bonchev–Trinajstić information content (AvgIpc) is 2.14. The zero-order valence-electron chi connectivity index (χ0n) is 7.08. The Hall–Kier alpha value is -1.14. The molecule has 0 fully saturated rings. The third-order valence-corrected chi connectivity index (χ3v) is 2.03. The fourth-order valence-corrected chi connectivity index (χ4v) is 1.31. The third kappa shape index (κ3) is 1.90. The van der Waals surface area contributed by atoms with E-state index in [0.29, 0.717) is 0 Å². The molecule has 0 unspecified atom stereocenters. The van der Waals surface area contributed by atoms with Crippen molar-refractivity contribution in [3.8, 4) is 0 Å². The lowest BCUT2D eigenvalue weighted by Crippen LogP contribution is -2.12. The normalized spacial score (nSPS) is 10.4. The maximum absolute atomic E-state index is 13.0. The van der Waals surface area contributed by atoms with Crippen LogP contribution in [0.2, 0.25) is 0 Å². The first-order valence-electron chi connectivity index (χ1n) is 3.54. The van der Waals surface area contributed by atoms with Crippen molar-refractivity contribution in [2.45, 2.75) is 0 Å². The molecule has 0 bridgehead atoms. The number of rotatable bonds is 2. The van der Waals surface area contributed by atoms with Gasteiger partial charge >= 0.3 is 0 Å². The van der Waals surface area contributed by atoms with Crippen LogP contribution in [0, 0.1) is 23.3 Å². The van der Waals surface area contributed by atoms with Gasteiger partial charge < -0.3 is 0 Å². The van der Waals surface area contributed by atoms with Gasteiger partial charge in [0.25, 0.3) is 10.5 Å². The minimum atomic E-state index is -2.07. The molecule has 0 amide bonds. The summed E-state index contributed by atoms with van der Waals surface area (Å²) in [6, 6.07) is 0. The molecule has 0 aliphatic heterocycles. The Labute approximate surface area is 95.8 Å².